The SMILES string of the molecule is CN(C(=O)c1ccc(Cl)cc1[N+](=O)[O-])C1CCN(c2ccccc2)C1=O. The third-order valence-electron chi connectivity index (χ3n) is 4.42. The van der Waals surface area contributed by atoms with Gasteiger partial charge in [0, 0.05) is 30.4 Å². The van der Waals surface area contributed by atoms with E-state index >= 15 is 0 Å². The van der Waals surface area contributed by atoms with Crippen molar-refractivity contribution in [2.24, 2.45) is 0 Å². The fourth-order valence-electron chi connectivity index (χ4n) is 3.06. The van der Waals surface area contributed by atoms with Crippen molar-refractivity contribution in [1.82, 2.24) is 4.90 Å². The molecule has 1 aliphatic heterocycles. The molecule has 0 aliphatic carbocycles. The molecule has 1 aliphatic rings. The molecule has 1 heterocycles. The molecule has 0 radical (unpaired) electrons. The molecule has 7 nitrogen and oxygen atoms in total. The van der Waals surface area contributed by atoms with Crippen molar-refractivity contribution in [2.45, 2.75) is 12.5 Å². The number of nitrogens with zero attached hydrogens (tertiary/aromatic N) is 3. The van der Waals surface area contributed by atoms with Crippen LogP contribution in [0, 0.1) is 10.1 Å². The van der Waals surface area contributed by atoms with Crippen LogP contribution in [0.5, 0.6) is 0 Å². The van der Waals surface area contributed by atoms with E-state index in [1.807, 2.05) is 30.3 Å². The van der Waals surface area contributed by atoms with Crippen molar-refractivity contribution >= 4 is 34.8 Å². The van der Waals surface area contributed by atoms with Gasteiger partial charge in [-0.05, 0) is 30.7 Å². The third kappa shape index (κ3) is 3.25. The second-order valence-electron chi connectivity index (χ2n) is 5.96. The van der Waals surface area contributed by atoms with Gasteiger partial charge in [0.25, 0.3) is 11.6 Å². The zero-order valence-corrected chi connectivity index (χ0v) is 14.7. The number of nitro benzene ring substituents is 1. The first-order chi connectivity index (χ1) is 12.4. The zero-order valence-electron chi connectivity index (χ0n) is 14.0. The van der Waals surface area contributed by atoms with Crippen molar-refractivity contribution < 1.29 is 14.5 Å². The summed E-state index contributed by atoms with van der Waals surface area (Å²) < 4.78 is 0. The molecule has 26 heavy (non-hydrogen) atoms. The van der Waals surface area contributed by atoms with Crippen LogP contribution in [-0.4, -0.2) is 41.3 Å². The summed E-state index contributed by atoms with van der Waals surface area (Å²) in [6.07, 6.45) is 0.456. The highest BCUT2D eigenvalue weighted by molar-refractivity contribution is 6.31. The Kier molecular flexibility index (Phi) is 4.90. The number of amides is 2. The molecule has 2 amide bonds. The van der Waals surface area contributed by atoms with Gasteiger partial charge in [0.1, 0.15) is 11.6 Å². The maximum Gasteiger partial charge on any atom is 0.283 e. The first-order valence-corrected chi connectivity index (χ1v) is 8.35. The fourth-order valence-corrected chi connectivity index (χ4v) is 3.22. The summed E-state index contributed by atoms with van der Waals surface area (Å²) in [5, 5.41) is 11.4. The largest absolute Gasteiger partial charge is 0.329 e. The number of halogens is 1. The first kappa shape index (κ1) is 17.9. The van der Waals surface area contributed by atoms with Crippen molar-refractivity contribution in [3.05, 3.63) is 69.2 Å². The molecule has 2 aromatic rings. The third-order valence-corrected chi connectivity index (χ3v) is 4.65. The van der Waals surface area contributed by atoms with Crippen LogP contribution in [0.1, 0.15) is 16.8 Å². The van der Waals surface area contributed by atoms with E-state index < -0.39 is 16.9 Å². The Bertz CT molecular complexity index is 872. The van der Waals surface area contributed by atoms with Crippen LogP contribution in [0.15, 0.2) is 48.5 Å². The predicted molar refractivity (Wildman–Crippen MR) is 97.4 cm³/mol. The van der Waals surface area contributed by atoms with Crippen LogP contribution in [0.25, 0.3) is 0 Å². The minimum absolute atomic E-state index is 0.0899. The highest BCUT2D eigenvalue weighted by atomic mass is 35.5. The summed E-state index contributed by atoms with van der Waals surface area (Å²) in [4.78, 5) is 39.0. The van der Waals surface area contributed by atoms with Crippen LogP contribution in [0.2, 0.25) is 5.02 Å². The normalized spacial score (nSPS) is 16.6. The molecule has 0 saturated carbocycles. The molecule has 0 aromatic heterocycles. The fraction of sp³-hybridized carbons (Fsp3) is 0.222. The second-order valence-corrected chi connectivity index (χ2v) is 6.40. The monoisotopic (exact) mass is 373 g/mol. The summed E-state index contributed by atoms with van der Waals surface area (Å²) in [6, 6.07) is 12.4. The van der Waals surface area contributed by atoms with Gasteiger partial charge in [-0.25, -0.2) is 0 Å². The molecule has 1 fully saturated rings. The number of rotatable bonds is 4. The minimum Gasteiger partial charge on any atom is -0.329 e. The average Bonchev–Trinajstić information content (AvgIpc) is 3.02. The van der Waals surface area contributed by atoms with E-state index in [1.165, 1.54) is 24.1 Å². The number of para-hydroxylation sites is 1. The van der Waals surface area contributed by atoms with Crippen LogP contribution < -0.4 is 4.90 Å². The smallest absolute Gasteiger partial charge is 0.283 e. The second kappa shape index (κ2) is 7.13. The average molecular weight is 374 g/mol. The molecule has 134 valence electrons. The molecule has 0 N–H and O–H groups in total. The Labute approximate surface area is 154 Å². The van der Waals surface area contributed by atoms with Crippen molar-refractivity contribution in [2.75, 3.05) is 18.5 Å². The maximum atomic E-state index is 12.8. The topological polar surface area (TPSA) is 83.8 Å². The van der Waals surface area contributed by atoms with Crippen molar-refractivity contribution in [3.8, 4) is 0 Å². The van der Waals surface area contributed by atoms with Gasteiger partial charge >= 0.3 is 0 Å². The molecule has 3 rings (SSSR count). The number of benzene rings is 2. The van der Waals surface area contributed by atoms with Gasteiger partial charge in [0.15, 0.2) is 0 Å². The van der Waals surface area contributed by atoms with E-state index in [1.54, 1.807) is 4.90 Å². The van der Waals surface area contributed by atoms with Gasteiger partial charge in [-0.2, -0.15) is 0 Å². The highest BCUT2D eigenvalue weighted by Crippen LogP contribution is 2.28. The van der Waals surface area contributed by atoms with E-state index in [0.717, 1.165) is 11.8 Å². The summed E-state index contributed by atoms with van der Waals surface area (Å²) in [7, 11) is 1.48. The standard InChI is InChI=1S/C18H16ClN3O4/c1-20(17(23)14-8-7-12(19)11-16(14)22(25)26)15-9-10-21(18(15)24)13-5-3-2-4-6-13/h2-8,11,15H,9-10H2,1H3. The molecular weight excluding hydrogens is 358 g/mol. The number of carbonyl (C=O) groups is 2. The Morgan fingerprint density at radius 3 is 2.62 bits per heavy atom. The van der Waals surface area contributed by atoms with Crippen molar-refractivity contribution in [1.29, 1.82) is 0 Å². The van der Waals surface area contributed by atoms with Gasteiger partial charge in [-0.15, -0.1) is 0 Å². The van der Waals surface area contributed by atoms with Gasteiger partial charge in [0.2, 0.25) is 5.91 Å². The number of carbonyl (C=O) groups excluding carboxylic acids is 2. The highest BCUT2D eigenvalue weighted by Gasteiger charge is 2.38. The Morgan fingerprint density at radius 1 is 1.27 bits per heavy atom. The zero-order chi connectivity index (χ0) is 18.8. The van der Waals surface area contributed by atoms with Gasteiger partial charge in [0.05, 0.1) is 4.92 Å². The van der Waals surface area contributed by atoms with Crippen LogP contribution in [0.4, 0.5) is 11.4 Å². The number of anilines is 1. The number of nitro groups is 1. The molecular formula is C18H16ClN3O4. The lowest BCUT2D eigenvalue weighted by Crippen LogP contribution is -2.43. The lowest BCUT2D eigenvalue weighted by atomic mass is 10.1. The van der Waals surface area contributed by atoms with E-state index in [-0.39, 0.29) is 22.2 Å². The van der Waals surface area contributed by atoms with E-state index in [4.69, 9.17) is 11.6 Å². The van der Waals surface area contributed by atoms with E-state index in [0.29, 0.717) is 13.0 Å². The summed E-state index contributed by atoms with van der Waals surface area (Å²) in [6.45, 7) is 0.480. The first-order valence-electron chi connectivity index (χ1n) is 7.97. The van der Waals surface area contributed by atoms with Crippen LogP contribution >= 0.6 is 11.6 Å². The van der Waals surface area contributed by atoms with Gasteiger partial charge in [-0.3, -0.25) is 19.7 Å². The van der Waals surface area contributed by atoms with Gasteiger partial charge < -0.3 is 9.80 Å². The quantitative estimate of drug-likeness (QED) is 0.608. The van der Waals surface area contributed by atoms with Gasteiger partial charge in [-0.1, -0.05) is 29.8 Å². The molecule has 0 bridgehead atoms. The summed E-state index contributed by atoms with van der Waals surface area (Å²) in [5.41, 5.74) is 0.297. The number of hydrogen-bond acceptors (Lipinski definition) is 4. The maximum absolute atomic E-state index is 12.8. The molecule has 1 unspecified atom stereocenters. The molecule has 0 spiro atoms. The number of likely N-dealkylation sites (N-methyl/N-ethyl adjacent to an activating group) is 1. The lowest BCUT2D eigenvalue weighted by Gasteiger charge is -2.24. The Hall–Kier alpha value is -2.93. The van der Waals surface area contributed by atoms with Crippen LogP contribution in [-0.2, 0) is 4.79 Å². The Balaban J connectivity index is 1.84. The number of hydrogen-bond donors (Lipinski definition) is 0. The summed E-state index contributed by atoms with van der Waals surface area (Å²) >= 11 is 5.79. The Morgan fingerprint density at radius 2 is 1.96 bits per heavy atom. The molecule has 2 aromatic carbocycles. The molecule has 1 atom stereocenters. The molecule has 1 saturated heterocycles. The van der Waals surface area contributed by atoms with Crippen molar-refractivity contribution in [3.63, 3.8) is 0 Å². The summed E-state index contributed by atoms with van der Waals surface area (Å²) in [5.74, 6) is -0.787. The lowest BCUT2D eigenvalue weighted by molar-refractivity contribution is -0.385. The minimum atomic E-state index is -0.669. The molecule has 8 heteroatoms. The van der Waals surface area contributed by atoms with E-state index in [2.05, 4.69) is 0 Å². The van der Waals surface area contributed by atoms with E-state index in [9.17, 15) is 19.7 Å². The van der Waals surface area contributed by atoms with Crippen LogP contribution in [0.3, 0.4) is 0 Å². The predicted octanol–water partition coefficient (Wildman–Crippen LogP) is 3.13.